The van der Waals surface area contributed by atoms with Gasteiger partial charge in [-0.15, -0.1) is 0 Å². The highest BCUT2D eigenvalue weighted by Gasteiger charge is 2.13. The van der Waals surface area contributed by atoms with Crippen molar-refractivity contribution in [2.45, 2.75) is 19.1 Å². The highest BCUT2D eigenvalue weighted by molar-refractivity contribution is 5.30. The zero-order valence-corrected chi connectivity index (χ0v) is 11.1. The maximum Gasteiger partial charge on any atom is 0.387 e. The Labute approximate surface area is 120 Å². The highest BCUT2D eigenvalue weighted by Crippen LogP contribution is 2.22. The number of nitrogens with two attached hydrogens (primary N) is 1. The van der Waals surface area contributed by atoms with Crippen LogP contribution in [0.25, 0.3) is 0 Å². The van der Waals surface area contributed by atoms with E-state index in [4.69, 9.17) is 5.84 Å². The Morgan fingerprint density at radius 3 is 2.29 bits per heavy atom. The number of halogens is 3. The lowest BCUT2D eigenvalue weighted by Gasteiger charge is -2.17. The maximum absolute atomic E-state index is 13.6. The molecule has 21 heavy (non-hydrogen) atoms. The molecule has 0 spiro atoms. The third-order valence-electron chi connectivity index (χ3n) is 3.09. The summed E-state index contributed by atoms with van der Waals surface area (Å²) < 4.78 is 42.1. The molecule has 0 saturated carbocycles. The molecule has 2 aromatic rings. The van der Waals surface area contributed by atoms with Crippen LogP contribution in [0.2, 0.25) is 0 Å². The zero-order valence-electron chi connectivity index (χ0n) is 11.1. The van der Waals surface area contributed by atoms with Crippen molar-refractivity contribution in [1.82, 2.24) is 5.43 Å². The summed E-state index contributed by atoms with van der Waals surface area (Å²) in [5.41, 5.74) is 3.87. The van der Waals surface area contributed by atoms with Crippen LogP contribution in [0.15, 0.2) is 48.5 Å². The summed E-state index contributed by atoms with van der Waals surface area (Å²) in [6, 6.07) is 12.1. The predicted molar refractivity (Wildman–Crippen MR) is 73.2 cm³/mol. The minimum Gasteiger partial charge on any atom is -0.435 e. The van der Waals surface area contributed by atoms with Crippen LogP contribution in [0.1, 0.15) is 17.2 Å². The number of alkyl halides is 2. The molecule has 0 heterocycles. The third-order valence-corrected chi connectivity index (χ3v) is 3.09. The molecule has 0 aliphatic carbocycles. The van der Waals surface area contributed by atoms with E-state index in [1.54, 1.807) is 30.3 Å². The molecule has 0 amide bonds. The van der Waals surface area contributed by atoms with Crippen molar-refractivity contribution in [3.63, 3.8) is 0 Å². The van der Waals surface area contributed by atoms with Crippen molar-refractivity contribution in [3.8, 4) is 5.75 Å². The first-order valence-corrected chi connectivity index (χ1v) is 6.34. The van der Waals surface area contributed by atoms with Crippen LogP contribution in [0, 0.1) is 5.82 Å². The van der Waals surface area contributed by atoms with E-state index in [0.29, 0.717) is 12.0 Å². The molecular weight excluding hydrogens is 281 g/mol. The van der Waals surface area contributed by atoms with E-state index in [1.165, 1.54) is 18.2 Å². The smallest absolute Gasteiger partial charge is 0.387 e. The van der Waals surface area contributed by atoms with Crippen LogP contribution in [0.4, 0.5) is 13.2 Å². The summed E-state index contributed by atoms with van der Waals surface area (Å²) >= 11 is 0. The highest BCUT2D eigenvalue weighted by atomic mass is 19.3. The van der Waals surface area contributed by atoms with Crippen molar-refractivity contribution in [1.29, 1.82) is 0 Å². The second-order valence-corrected chi connectivity index (χ2v) is 4.46. The summed E-state index contributed by atoms with van der Waals surface area (Å²) in [5, 5.41) is 0. The van der Waals surface area contributed by atoms with Crippen LogP contribution >= 0.6 is 0 Å². The second-order valence-electron chi connectivity index (χ2n) is 4.46. The average molecular weight is 296 g/mol. The Bertz CT molecular complexity index is 575. The quantitative estimate of drug-likeness (QED) is 0.636. The van der Waals surface area contributed by atoms with E-state index >= 15 is 0 Å². The molecule has 0 fully saturated rings. The number of hydrazine groups is 1. The second kappa shape index (κ2) is 7.10. The minimum atomic E-state index is -2.86. The Balaban J connectivity index is 2.12. The lowest BCUT2D eigenvalue weighted by atomic mass is 9.99. The standard InChI is InChI=1S/C15H15F3N2O/c16-13-4-2-1-3-11(13)9-14(20-19)10-5-7-12(8-6-10)21-15(17)18/h1-8,14-15,20H,9,19H2. The first-order valence-electron chi connectivity index (χ1n) is 6.34. The Morgan fingerprint density at radius 1 is 1.05 bits per heavy atom. The first kappa shape index (κ1) is 15.3. The zero-order chi connectivity index (χ0) is 15.2. The molecule has 1 atom stereocenters. The van der Waals surface area contributed by atoms with Crippen LogP contribution in [0.3, 0.4) is 0 Å². The van der Waals surface area contributed by atoms with E-state index in [1.807, 2.05) is 0 Å². The molecule has 2 rings (SSSR count). The van der Waals surface area contributed by atoms with Gasteiger partial charge in [-0.25, -0.2) is 4.39 Å². The van der Waals surface area contributed by atoms with Gasteiger partial charge in [-0.05, 0) is 35.7 Å². The Morgan fingerprint density at radius 2 is 1.71 bits per heavy atom. The van der Waals surface area contributed by atoms with Gasteiger partial charge in [-0.3, -0.25) is 11.3 Å². The summed E-state index contributed by atoms with van der Waals surface area (Å²) in [6.45, 7) is -2.86. The van der Waals surface area contributed by atoms with E-state index in [2.05, 4.69) is 10.2 Å². The van der Waals surface area contributed by atoms with E-state index in [9.17, 15) is 13.2 Å². The molecule has 6 heteroatoms. The number of hydrogen-bond acceptors (Lipinski definition) is 3. The van der Waals surface area contributed by atoms with Crippen molar-refractivity contribution in [2.24, 2.45) is 5.84 Å². The van der Waals surface area contributed by atoms with Gasteiger partial charge in [-0.1, -0.05) is 30.3 Å². The SMILES string of the molecule is NNC(Cc1ccccc1F)c1ccc(OC(F)F)cc1. The van der Waals surface area contributed by atoms with Gasteiger partial charge in [0.15, 0.2) is 0 Å². The molecule has 0 aromatic heterocycles. The molecule has 0 aliphatic rings. The number of rotatable bonds is 6. The number of benzene rings is 2. The summed E-state index contributed by atoms with van der Waals surface area (Å²) in [4.78, 5) is 0. The van der Waals surface area contributed by atoms with Gasteiger partial charge in [0.1, 0.15) is 11.6 Å². The van der Waals surface area contributed by atoms with Crippen LogP contribution in [0.5, 0.6) is 5.75 Å². The third kappa shape index (κ3) is 4.21. The molecule has 0 aliphatic heterocycles. The maximum atomic E-state index is 13.6. The van der Waals surface area contributed by atoms with Crippen molar-refractivity contribution < 1.29 is 17.9 Å². The fourth-order valence-electron chi connectivity index (χ4n) is 2.04. The monoisotopic (exact) mass is 296 g/mol. The largest absolute Gasteiger partial charge is 0.435 e. The minimum absolute atomic E-state index is 0.0652. The van der Waals surface area contributed by atoms with Gasteiger partial charge in [0.05, 0.1) is 6.04 Å². The number of ether oxygens (including phenoxy) is 1. The molecule has 0 radical (unpaired) electrons. The fourth-order valence-corrected chi connectivity index (χ4v) is 2.04. The predicted octanol–water partition coefficient (Wildman–Crippen LogP) is 3.17. The fraction of sp³-hybridized carbons (Fsp3) is 0.200. The van der Waals surface area contributed by atoms with Crippen molar-refractivity contribution >= 4 is 0 Å². The molecule has 112 valence electrons. The van der Waals surface area contributed by atoms with Crippen LogP contribution in [-0.4, -0.2) is 6.61 Å². The van der Waals surface area contributed by atoms with Gasteiger partial charge in [0, 0.05) is 0 Å². The molecule has 1 unspecified atom stereocenters. The molecule has 3 nitrogen and oxygen atoms in total. The van der Waals surface area contributed by atoms with Crippen LogP contribution in [-0.2, 0) is 6.42 Å². The van der Waals surface area contributed by atoms with Gasteiger partial charge in [0.25, 0.3) is 0 Å². The van der Waals surface area contributed by atoms with Gasteiger partial charge >= 0.3 is 6.61 Å². The molecule has 0 bridgehead atoms. The van der Waals surface area contributed by atoms with E-state index < -0.39 is 6.61 Å². The molecular formula is C15H15F3N2O. The average Bonchev–Trinajstić information content (AvgIpc) is 2.47. The van der Waals surface area contributed by atoms with E-state index in [0.717, 1.165) is 5.56 Å². The lowest BCUT2D eigenvalue weighted by molar-refractivity contribution is -0.0498. The molecule has 0 saturated heterocycles. The van der Waals surface area contributed by atoms with Crippen molar-refractivity contribution in [2.75, 3.05) is 0 Å². The lowest BCUT2D eigenvalue weighted by Crippen LogP contribution is -2.29. The van der Waals surface area contributed by atoms with Gasteiger partial charge in [-0.2, -0.15) is 8.78 Å². The summed E-state index contributed by atoms with van der Waals surface area (Å²) in [6.07, 6.45) is 0.345. The Hall–Kier alpha value is -2.05. The molecule has 3 N–H and O–H groups in total. The van der Waals surface area contributed by atoms with Gasteiger partial charge in [0.2, 0.25) is 0 Å². The summed E-state index contributed by atoms with van der Waals surface area (Å²) in [5.74, 6) is 5.25. The summed E-state index contributed by atoms with van der Waals surface area (Å²) in [7, 11) is 0. The number of nitrogens with one attached hydrogen (secondary N) is 1. The molecule has 2 aromatic carbocycles. The van der Waals surface area contributed by atoms with Gasteiger partial charge < -0.3 is 4.74 Å². The first-order chi connectivity index (χ1) is 10.1. The number of hydrogen-bond donors (Lipinski definition) is 2. The topological polar surface area (TPSA) is 47.3 Å². The normalized spacial score (nSPS) is 12.4. The van der Waals surface area contributed by atoms with E-state index in [-0.39, 0.29) is 17.6 Å². The Kier molecular flexibility index (Phi) is 5.19. The van der Waals surface area contributed by atoms with Crippen LogP contribution < -0.4 is 16.0 Å². The van der Waals surface area contributed by atoms with Crippen molar-refractivity contribution in [3.05, 3.63) is 65.5 Å².